The largest absolute Gasteiger partial charge is 0.311 e. The van der Waals surface area contributed by atoms with Crippen molar-refractivity contribution in [3.05, 3.63) is 51.5 Å². The SMILES string of the molecule is CCc1ccc(F)c(N(C)N)c1/C=C/c1cccs1.NNC=O. The molecule has 1 aromatic carbocycles. The van der Waals surface area contributed by atoms with Gasteiger partial charge in [0.1, 0.15) is 5.82 Å². The first kappa shape index (κ1) is 18.8. The molecule has 0 atom stereocenters. The maximum atomic E-state index is 13.9. The highest BCUT2D eigenvalue weighted by Crippen LogP contribution is 2.28. The molecule has 5 N–H and O–H groups in total. The van der Waals surface area contributed by atoms with Crippen LogP contribution in [0.2, 0.25) is 0 Å². The van der Waals surface area contributed by atoms with E-state index >= 15 is 0 Å². The number of thiophene rings is 1. The third-order valence-corrected chi connectivity index (χ3v) is 3.85. The molecule has 124 valence electrons. The van der Waals surface area contributed by atoms with Crippen LogP contribution in [0, 0.1) is 5.82 Å². The Morgan fingerprint density at radius 3 is 2.52 bits per heavy atom. The molecule has 1 amide bonds. The van der Waals surface area contributed by atoms with Gasteiger partial charge in [-0.05, 0) is 35.6 Å². The van der Waals surface area contributed by atoms with E-state index in [0.717, 1.165) is 22.4 Å². The molecule has 0 bridgehead atoms. The van der Waals surface area contributed by atoms with Crippen molar-refractivity contribution in [1.82, 2.24) is 5.43 Å². The predicted molar refractivity (Wildman–Crippen MR) is 95.0 cm³/mol. The number of hydrogen-bond acceptors (Lipinski definition) is 5. The molecule has 0 fully saturated rings. The number of amides is 1. The molecule has 2 aromatic rings. The molecule has 1 aromatic heterocycles. The van der Waals surface area contributed by atoms with Crippen LogP contribution >= 0.6 is 11.3 Å². The molecule has 0 saturated carbocycles. The number of nitrogens with two attached hydrogens (primary N) is 2. The van der Waals surface area contributed by atoms with Crippen LogP contribution in [-0.4, -0.2) is 13.5 Å². The van der Waals surface area contributed by atoms with Gasteiger partial charge in [-0.15, -0.1) is 11.3 Å². The van der Waals surface area contributed by atoms with Crippen molar-refractivity contribution in [1.29, 1.82) is 0 Å². The fraction of sp³-hybridized carbons (Fsp3) is 0.188. The van der Waals surface area contributed by atoms with Gasteiger partial charge in [-0.3, -0.25) is 10.2 Å². The second-order valence-electron chi connectivity index (χ2n) is 4.57. The minimum atomic E-state index is -0.298. The van der Waals surface area contributed by atoms with Crippen LogP contribution in [0.4, 0.5) is 10.1 Å². The topological polar surface area (TPSA) is 84.4 Å². The van der Waals surface area contributed by atoms with E-state index < -0.39 is 0 Å². The standard InChI is InChI=1S/C15H17FN2S.CH4N2O/c1-3-11-6-9-14(16)15(18(2)17)13(11)8-7-12-5-4-10-19-12;2-3-1-4/h4-10H,3,17H2,1-2H3;1H,2H2,(H,3,4)/b8-7+;. The van der Waals surface area contributed by atoms with Crippen molar-refractivity contribution in [2.75, 3.05) is 12.1 Å². The first-order chi connectivity index (χ1) is 11.0. The monoisotopic (exact) mass is 336 g/mol. The molecule has 2 rings (SSSR count). The van der Waals surface area contributed by atoms with Crippen LogP contribution in [0.15, 0.2) is 29.6 Å². The minimum absolute atomic E-state index is 0.298. The molecule has 0 saturated heterocycles. The van der Waals surface area contributed by atoms with Crippen molar-refractivity contribution in [2.24, 2.45) is 11.7 Å². The Morgan fingerprint density at radius 2 is 2.04 bits per heavy atom. The van der Waals surface area contributed by atoms with E-state index in [9.17, 15) is 4.39 Å². The van der Waals surface area contributed by atoms with E-state index in [-0.39, 0.29) is 5.82 Å². The van der Waals surface area contributed by atoms with Gasteiger partial charge in [0.05, 0.1) is 5.69 Å². The summed E-state index contributed by atoms with van der Waals surface area (Å²) in [7, 11) is 1.65. The number of nitrogens with zero attached hydrogens (tertiary/aromatic N) is 1. The van der Waals surface area contributed by atoms with Gasteiger partial charge in [-0.1, -0.05) is 25.1 Å². The fourth-order valence-corrected chi connectivity index (χ4v) is 2.65. The summed E-state index contributed by atoms with van der Waals surface area (Å²) >= 11 is 1.65. The highest BCUT2D eigenvalue weighted by Gasteiger charge is 2.12. The van der Waals surface area contributed by atoms with E-state index in [4.69, 9.17) is 10.6 Å². The molecular formula is C16H21FN4OS. The van der Waals surface area contributed by atoms with Crippen molar-refractivity contribution in [2.45, 2.75) is 13.3 Å². The van der Waals surface area contributed by atoms with Gasteiger partial charge in [-0.25, -0.2) is 16.1 Å². The van der Waals surface area contributed by atoms with E-state index in [0.29, 0.717) is 12.1 Å². The number of carbonyl (C=O) groups is 1. The molecule has 0 radical (unpaired) electrons. The molecule has 7 heteroatoms. The maximum Gasteiger partial charge on any atom is 0.221 e. The Labute approximate surface area is 139 Å². The Morgan fingerprint density at radius 1 is 1.35 bits per heavy atom. The van der Waals surface area contributed by atoms with E-state index in [1.807, 2.05) is 35.7 Å². The molecule has 1 heterocycles. The second kappa shape index (κ2) is 9.73. The lowest BCUT2D eigenvalue weighted by atomic mass is 10.0. The number of benzene rings is 1. The maximum absolute atomic E-state index is 13.9. The Hall–Kier alpha value is -2.22. The summed E-state index contributed by atoms with van der Waals surface area (Å²) in [6, 6.07) is 7.31. The van der Waals surface area contributed by atoms with Crippen LogP contribution in [0.25, 0.3) is 12.2 Å². The van der Waals surface area contributed by atoms with Crippen LogP contribution in [-0.2, 0) is 11.2 Å². The van der Waals surface area contributed by atoms with Gasteiger partial charge < -0.3 is 5.01 Å². The molecular weight excluding hydrogens is 315 g/mol. The number of carbonyl (C=O) groups excluding carboxylic acids is 1. The van der Waals surface area contributed by atoms with Crippen molar-refractivity contribution in [3.63, 3.8) is 0 Å². The number of rotatable bonds is 5. The lowest BCUT2D eigenvalue weighted by Gasteiger charge is -2.18. The predicted octanol–water partition coefficient (Wildman–Crippen LogP) is 2.54. The summed E-state index contributed by atoms with van der Waals surface area (Å²) in [5.74, 6) is 9.86. The Balaban J connectivity index is 0.000000593. The summed E-state index contributed by atoms with van der Waals surface area (Å²) < 4.78 is 13.9. The minimum Gasteiger partial charge on any atom is -0.311 e. The van der Waals surface area contributed by atoms with Gasteiger partial charge in [0.15, 0.2) is 0 Å². The van der Waals surface area contributed by atoms with Crippen LogP contribution in [0.3, 0.4) is 0 Å². The Kier molecular flexibility index (Phi) is 7.96. The van der Waals surface area contributed by atoms with Crippen LogP contribution in [0.5, 0.6) is 0 Å². The normalized spacial score (nSPS) is 10.1. The molecule has 0 aliphatic rings. The number of hydrazine groups is 2. The summed E-state index contributed by atoms with van der Waals surface area (Å²) in [5.41, 5.74) is 4.12. The molecule has 0 spiro atoms. The highest BCUT2D eigenvalue weighted by atomic mass is 32.1. The highest BCUT2D eigenvalue weighted by molar-refractivity contribution is 7.10. The van der Waals surface area contributed by atoms with E-state index in [2.05, 4.69) is 12.8 Å². The summed E-state index contributed by atoms with van der Waals surface area (Å²) in [6.45, 7) is 2.05. The quantitative estimate of drug-likeness (QED) is 0.339. The lowest BCUT2D eigenvalue weighted by Crippen LogP contribution is -2.27. The lowest BCUT2D eigenvalue weighted by molar-refractivity contribution is -0.109. The van der Waals surface area contributed by atoms with Crippen LogP contribution < -0.4 is 22.1 Å². The second-order valence-corrected chi connectivity index (χ2v) is 5.55. The fourth-order valence-electron chi connectivity index (χ4n) is 2.03. The molecule has 23 heavy (non-hydrogen) atoms. The van der Waals surface area contributed by atoms with Crippen molar-refractivity contribution >= 4 is 35.6 Å². The number of hydrogen-bond donors (Lipinski definition) is 3. The average Bonchev–Trinajstić information content (AvgIpc) is 3.06. The van der Waals surface area contributed by atoms with Gasteiger partial charge in [0.2, 0.25) is 6.41 Å². The van der Waals surface area contributed by atoms with Gasteiger partial charge >= 0.3 is 0 Å². The van der Waals surface area contributed by atoms with Crippen molar-refractivity contribution < 1.29 is 9.18 Å². The number of nitrogens with one attached hydrogen (secondary N) is 1. The van der Waals surface area contributed by atoms with Gasteiger partial charge in [-0.2, -0.15) is 0 Å². The first-order valence-corrected chi connectivity index (χ1v) is 7.84. The number of halogens is 1. The summed E-state index contributed by atoms with van der Waals surface area (Å²) in [4.78, 5) is 10.1. The third-order valence-electron chi connectivity index (χ3n) is 3.02. The molecule has 0 aliphatic carbocycles. The van der Waals surface area contributed by atoms with Gasteiger partial charge in [0, 0.05) is 17.5 Å². The third kappa shape index (κ3) is 5.48. The van der Waals surface area contributed by atoms with Crippen LogP contribution in [0.1, 0.15) is 22.9 Å². The molecule has 0 unspecified atom stereocenters. The summed E-state index contributed by atoms with van der Waals surface area (Å²) in [6.07, 6.45) is 5.17. The molecule has 5 nitrogen and oxygen atoms in total. The summed E-state index contributed by atoms with van der Waals surface area (Å²) in [5, 5.41) is 3.35. The Bertz CT molecular complexity index is 642. The zero-order valence-electron chi connectivity index (χ0n) is 13.1. The van der Waals surface area contributed by atoms with Crippen molar-refractivity contribution in [3.8, 4) is 0 Å². The number of aryl methyl sites for hydroxylation is 1. The first-order valence-electron chi connectivity index (χ1n) is 6.96. The zero-order valence-corrected chi connectivity index (χ0v) is 13.9. The van der Waals surface area contributed by atoms with E-state index in [1.54, 1.807) is 23.8 Å². The number of anilines is 1. The molecule has 0 aliphatic heterocycles. The smallest absolute Gasteiger partial charge is 0.221 e. The van der Waals surface area contributed by atoms with E-state index in [1.165, 1.54) is 11.1 Å². The average molecular weight is 336 g/mol. The zero-order chi connectivity index (χ0) is 17.2. The van der Waals surface area contributed by atoms with Gasteiger partial charge in [0.25, 0.3) is 0 Å².